The van der Waals surface area contributed by atoms with E-state index in [9.17, 15) is 0 Å². The van der Waals surface area contributed by atoms with Gasteiger partial charge in [0.05, 0.1) is 0 Å². The van der Waals surface area contributed by atoms with Gasteiger partial charge in [-0.3, -0.25) is 0 Å². The van der Waals surface area contributed by atoms with E-state index >= 15 is 0 Å². The molecule has 20 heavy (non-hydrogen) atoms. The summed E-state index contributed by atoms with van der Waals surface area (Å²) >= 11 is 5.95. The second-order valence-electron chi connectivity index (χ2n) is 5.70. The fourth-order valence-electron chi connectivity index (χ4n) is 2.96. The minimum absolute atomic E-state index is 0.328. The molecule has 1 aromatic carbocycles. The first kappa shape index (κ1) is 15.4. The van der Waals surface area contributed by atoms with Crippen molar-refractivity contribution < 1.29 is 0 Å². The number of benzene rings is 1. The molecule has 0 aliphatic carbocycles. The van der Waals surface area contributed by atoms with Gasteiger partial charge < -0.3 is 9.74 Å². The van der Waals surface area contributed by atoms with Gasteiger partial charge in [-0.15, -0.1) is 0 Å². The number of hydrogen-bond donors (Lipinski definition) is 0. The summed E-state index contributed by atoms with van der Waals surface area (Å²) in [6, 6.07) is 7.84. The molecule has 1 aromatic rings. The predicted octanol–water partition coefficient (Wildman–Crippen LogP) is 4.74. The third-order valence-electron chi connectivity index (χ3n) is 4.36. The lowest BCUT2D eigenvalue weighted by Crippen LogP contribution is -2.41. The maximum Gasteiger partial charge on any atom is 0.260 e. The fraction of sp³-hybridized carbons (Fsp3) is 0.588. The molecule has 2 nitrogen and oxygen atoms in total. The summed E-state index contributed by atoms with van der Waals surface area (Å²) in [5.74, 6) is 0. The highest BCUT2D eigenvalue weighted by molar-refractivity contribution is 6.30. The monoisotopic (exact) mass is 290 g/mol. The van der Waals surface area contributed by atoms with Crippen molar-refractivity contribution in [1.82, 2.24) is 4.90 Å². The summed E-state index contributed by atoms with van der Waals surface area (Å²) in [4.78, 5) is 6.50. The van der Waals surface area contributed by atoms with E-state index in [0.29, 0.717) is 0 Å². The molecule has 0 bridgehead atoms. The van der Waals surface area contributed by atoms with Gasteiger partial charge in [0.15, 0.2) is 0 Å². The molecule has 1 saturated heterocycles. The zero-order valence-corrected chi connectivity index (χ0v) is 13.0. The smallest absolute Gasteiger partial charge is 0.260 e. The number of rotatable bonds is 5. The van der Waals surface area contributed by atoms with Gasteiger partial charge in [-0.1, -0.05) is 31.4 Å². The summed E-state index contributed by atoms with van der Waals surface area (Å²) in [5.41, 5.74) is 0.802. The summed E-state index contributed by atoms with van der Waals surface area (Å²) < 4.78 is 0. The number of piperidine rings is 1. The van der Waals surface area contributed by atoms with Crippen molar-refractivity contribution in [3.63, 3.8) is 0 Å². The highest BCUT2D eigenvalue weighted by Gasteiger charge is 2.41. The van der Waals surface area contributed by atoms with Crippen LogP contribution in [-0.2, 0) is 5.54 Å². The Balaban J connectivity index is 1.98. The molecule has 3 heteroatoms. The Morgan fingerprint density at radius 3 is 2.40 bits per heavy atom. The maximum absolute atomic E-state index is 7.64. The second-order valence-corrected chi connectivity index (χ2v) is 6.14. The van der Waals surface area contributed by atoms with Gasteiger partial charge in [0.2, 0.25) is 0 Å². The topological polar surface area (TPSA) is 7.60 Å². The van der Waals surface area contributed by atoms with Gasteiger partial charge in [-0.25, -0.2) is 6.57 Å². The Morgan fingerprint density at radius 2 is 1.85 bits per heavy atom. The number of unbranched alkanes of at least 4 members (excludes halogenated alkanes) is 2. The van der Waals surface area contributed by atoms with Crippen LogP contribution in [0.25, 0.3) is 4.85 Å². The van der Waals surface area contributed by atoms with E-state index in [-0.39, 0.29) is 5.54 Å². The molecule has 0 unspecified atom stereocenters. The summed E-state index contributed by atoms with van der Waals surface area (Å²) in [6.45, 7) is 13.1. The molecule has 1 aliphatic rings. The first-order valence-corrected chi connectivity index (χ1v) is 7.95. The lowest BCUT2D eigenvalue weighted by Gasteiger charge is -2.34. The Labute approximate surface area is 127 Å². The number of hydrogen-bond acceptors (Lipinski definition) is 1. The van der Waals surface area contributed by atoms with Crippen LogP contribution in [0.5, 0.6) is 0 Å². The van der Waals surface area contributed by atoms with Crippen molar-refractivity contribution in [3.05, 3.63) is 46.3 Å². The van der Waals surface area contributed by atoms with Crippen LogP contribution in [0, 0.1) is 6.57 Å². The number of nitrogens with zero attached hydrogens (tertiary/aromatic N) is 2. The normalized spacial score (nSPS) is 18.6. The predicted molar refractivity (Wildman–Crippen MR) is 84.9 cm³/mol. The molecule has 1 aliphatic heterocycles. The van der Waals surface area contributed by atoms with Crippen LogP contribution >= 0.6 is 11.6 Å². The molecule has 0 saturated carbocycles. The molecule has 1 heterocycles. The SMILES string of the molecule is [C-]#[N+]C1(c2ccc(Cl)cc2)CCN(CCCCC)CC1. The first-order valence-electron chi connectivity index (χ1n) is 7.57. The van der Waals surface area contributed by atoms with E-state index < -0.39 is 0 Å². The molecule has 0 N–H and O–H groups in total. The molecule has 1 fully saturated rings. The lowest BCUT2D eigenvalue weighted by atomic mass is 9.81. The molecule has 0 amide bonds. The summed E-state index contributed by atoms with van der Waals surface area (Å²) in [7, 11) is 0. The molecule has 0 radical (unpaired) electrons. The third kappa shape index (κ3) is 3.53. The molecular weight excluding hydrogens is 268 g/mol. The van der Waals surface area contributed by atoms with Gasteiger partial charge >= 0.3 is 0 Å². The number of likely N-dealkylation sites (tertiary alicyclic amines) is 1. The first-order chi connectivity index (χ1) is 9.70. The van der Waals surface area contributed by atoms with Crippen molar-refractivity contribution >= 4 is 11.6 Å². The largest absolute Gasteiger partial charge is 0.305 e. The van der Waals surface area contributed by atoms with Gasteiger partial charge in [0, 0.05) is 36.5 Å². The highest BCUT2D eigenvalue weighted by Crippen LogP contribution is 2.37. The zero-order valence-electron chi connectivity index (χ0n) is 12.2. The Kier molecular flexibility index (Phi) is 5.46. The number of halogens is 1. The zero-order chi connectivity index (χ0) is 14.4. The van der Waals surface area contributed by atoms with Crippen molar-refractivity contribution in [1.29, 1.82) is 0 Å². The molecular formula is C17H23ClN2. The highest BCUT2D eigenvalue weighted by atomic mass is 35.5. The molecule has 108 valence electrons. The van der Waals surface area contributed by atoms with Gasteiger partial charge in [0.25, 0.3) is 5.54 Å². The van der Waals surface area contributed by atoms with Gasteiger partial charge in [-0.2, -0.15) is 0 Å². The van der Waals surface area contributed by atoms with E-state index in [4.69, 9.17) is 18.2 Å². The second kappa shape index (κ2) is 7.11. The van der Waals surface area contributed by atoms with Crippen LogP contribution in [0.2, 0.25) is 5.02 Å². The summed E-state index contributed by atoms with van der Waals surface area (Å²) in [6.07, 6.45) is 5.73. The van der Waals surface area contributed by atoms with Crippen molar-refractivity contribution in [2.45, 2.75) is 44.6 Å². The Morgan fingerprint density at radius 1 is 1.20 bits per heavy atom. The minimum Gasteiger partial charge on any atom is -0.305 e. The average Bonchev–Trinajstić information content (AvgIpc) is 2.49. The van der Waals surface area contributed by atoms with E-state index in [2.05, 4.69) is 16.7 Å². The van der Waals surface area contributed by atoms with Crippen molar-refractivity contribution in [3.8, 4) is 0 Å². The van der Waals surface area contributed by atoms with Crippen LogP contribution in [0.4, 0.5) is 0 Å². The summed E-state index contributed by atoms with van der Waals surface area (Å²) in [5, 5.41) is 0.742. The Bertz CT molecular complexity index is 453. The van der Waals surface area contributed by atoms with E-state index in [0.717, 1.165) is 36.5 Å². The van der Waals surface area contributed by atoms with Crippen LogP contribution in [0.15, 0.2) is 24.3 Å². The lowest BCUT2D eigenvalue weighted by molar-refractivity contribution is 0.179. The van der Waals surface area contributed by atoms with E-state index in [1.54, 1.807) is 0 Å². The molecule has 0 spiro atoms. The van der Waals surface area contributed by atoms with Crippen LogP contribution < -0.4 is 0 Å². The van der Waals surface area contributed by atoms with Gasteiger partial charge in [-0.05, 0) is 37.2 Å². The Hall–Kier alpha value is -1.04. The quantitative estimate of drug-likeness (QED) is 0.561. The van der Waals surface area contributed by atoms with Gasteiger partial charge in [0.1, 0.15) is 0 Å². The van der Waals surface area contributed by atoms with Crippen LogP contribution in [0.3, 0.4) is 0 Å². The molecule has 2 rings (SSSR count). The minimum atomic E-state index is -0.328. The maximum atomic E-state index is 7.64. The van der Waals surface area contributed by atoms with Crippen LogP contribution in [0.1, 0.15) is 44.6 Å². The fourth-order valence-corrected chi connectivity index (χ4v) is 3.08. The molecule has 0 atom stereocenters. The average molecular weight is 291 g/mol. The van der Waals surface area contributed by atoms with Crippen molar-refractivity contribution in [2.75, 3.05) is 19.6 Å². The van der Waals surface area contributed by atoms with Crippen LogP contribution in [-0.4, -0.2) is 24.5 Å². The molecule has 0 aromatic heterocycles. The van der Waals surface area contributed by atoms with E-state index in [1.807, 2.05) is 24.3 Å². The third-order valence-corrected chi connectivity index (χ3v) is 4.61. The standard InChI is InChI=1S/C17H23ClN2/c1-3-4-5-12-20-13-10-17(19-2,11-14-20)15-6-8-16(18)9-7-15/h6-9H,3-5,10-14H2,1H3. The van der Waals surface area contributed by atoms with Crippen molar-refractivity contribution in [2.24, 2.45) is 0 Å². The van der Waals surface area contributed by atoms with E-state index in [1.165, 1.54) is 25.8 Å².